The van der Waals surface area contributed by atoms with Crippen molar-refractivity contribution in [3.8, 4) is 5.75 Å². The number of hydrogen-bond acceptors (Lipinski definition) is 7. The van der Waals surface area contributed by atoms with Gasteiger partial charge < -0.3 is 14.8 Å². The van der Waals surface area contributed by atoms with Crippen LogP contribution in [0.1, 0.15) is 13.8 Å². The molecule has 31 heavy (non-hydrogen) atoms. The lowest BCUT2D eigenvalue weighted by Gasteiger charge is -2.34. The summed E-state index contributed by atoms with van der Waals surface area (Å²) in [5.74, 6) is -0.138. The van der Waals surface area contributed by atoms with Gasteiger partial charge >= 0.3 is 0 Å². The van der Waals surface area contributed by atoms with Crippen molar-refractivity contribution in [3.05, 3.63) is 58.6 Å². The van der Waals surface area contributed by atoms with Gasteiger partial charge in [-0.25, -0.2) is 8.42 Å². The monoisotopic (exact) mass is 449 g/mol. The Morgan fingerprint density at radius 1 is 1.13 bits per heavy atom. The molecule has 1 amide bonds. The predicted octanol–water partition coefficient (Wildman–Crippen LogP) is 2.41. The van der Waals surface area contributed by atoms with E-state index >= 15 is 0 Å². The molecule has 0 unspecified atom stereocenters. The van der Waals surface area contributed by atoms with Gasteiger partial charge in [-0.3, -0.25) is 14.9 Å². The maximum absolute atomic E-state index is 12.9. The third kappa shape index (κ3) is 5.78. The van der Waals surface area contributed by atoms with Crippen molar-refractivity contribution in [2.24, 2.45) is 0 Å². The molecule has 2 aromatic rings. The number of nitrogens with one attached hydrogen (secondary N) is 1. The van der Waals surface area contributed by atoms with E-state index in [4.69, 9.17) is 9.47 Å². The van der Waals surface area contributed by atoms with E-state index in [0.717, 1.165) is 0 Å². The minimum atomic E-state index is -3.66. The summed E-state index contributed by atoms with van der Waals surface area (Å²) in [6.45, 7) is 3.92. The van der Waals surface area contributed by atoms with Crippen molar-refractivity contribution in [1.29, 1.82) is 0 Å². The Bertz CT molecular complexity index is 1030. The standard InChI is InChI=1S/C20H23N3O7S/c1-14-11-22(12-15(2)30-14)31(27,28)19-9-3-16(4-10-19)21-20(24)13-29-18-7-5-17(6-8-18)23(25)26/h3-10,14-15H,11-13H2,1-2H3,(H,21,24)/t14-,15-/m1/s1. The summed E-state index contributed by atoms with van der Waals surface area (Å²) in [6, 6.07) is 11.2. The zero-order valence-corrected chi connectivity index (χ0v) is 17.9. The summed E-state index contributed by atoms with van der Waals surface area (Å²) in [5.41, 5.74) is 0.341. The number of non-ortho nitro benzene ring substituents is 1. The Morgan fingerprint density at radius 2 is 1.71 bits per heavy atom. The molecular weight excluding hydrogens is 426 g/mol. The molecule has 0 aliphatic carbocycles. The largest absolute Gasteiger partial charge is 0.484 e. The van der Waals surface area contributed by atoms with E-state index in [0.29, 0.717) is 11.4 Å². The van der Waals surface area contributed by atoms with Crippen molar-refractivity contribution < 1.29 is 27.6 Å². The third-order valence-corrected chi connectivity index (χ3v) is 6.43. The molecule has 1 aliphatic heterocycles. The van der Waals surface area contributed by atoms with Crippen molar-refractivity contribution in [1.82, 2.24) is 4.31 Å². The second kappa shape index (κ2) is 9.41. The smallest absolute Gasteiger partial charge is 0.269 e. The van der Waals surface area contributed by atoms with E-state index in [1.54, 1.807) is 0 Å². The Kier molecular flexibility index (Phi) is 6.88. The van der Waals surface area contributed by atoms with E-state index in [2.05, 4.69) is 5.32 Å². The van der Waals surface area contributed by atoms with Gasteiger partial charge in [0.15, 0.2) is 6.61 Å². The number of morpholine rings is 1. The predicted molar refractivity (Wildman–Crippen MR) is 112 cm³/mol. The lowest BCUT2D eigenvalue weighted by Crippen LogP contribution is -2.48. The zero-order valence-electron chi connectivity index (χ0n) is 17.1. The molecule has 2 atom stereocenters. The van der Waals surface area contributed by atoms with Crippen LogP contribution < -0.4 is 10.1 Å². The number of ether oxygens (including phenoxy) is 2. The van der Waals surface area contributed by atoms with Crippen LogP contribution in [0.2, 0.25) is 0 Å². The number of amides is 1. The molecule has 2 aromatic carbocycles. The first kappa shape index (κ1) is 22.7. The number of carbonyl (C=O) groups is 1. The highest BCUT2D eigenvalue weighted by molar-refractivity contribution is 7.89. The number of sulfonamides is 1. The minimum Gasteiger partial charge on any atom is -0.484 e. The van der Waals surface area contributed by atoms with Crippen molar-refractivity contribution in [2.45, 2.75) is 31.0 Å². The maximum atomic E-state index is 12.9. The summed E-state index contributed by atoms with van der Waals surface area (Å²) < 4.78 is 38.0. The average molecular weight is 449 g/mol. The lowest BCUT2D eigenvalue weighted by molar-refractivity contribution is -0.384. The molecule has 1 aliphatic rings. The molecule has 0 spiro atoms. The maximum Gasteiger partial charge on any atom is 0.269 e. The number of nitro benzene ring substituents is 1. The normalized spacial score (nSPS) is 19.5. The number of nitrogens with zero attached hydrogens (tertiary/aromatic N) is 2. The molecule has 10 nitrogen and oxygen atoms in total. The molecule has 11 heteroatoms. The third-order valence-electron chi connectivity index (χ3n) is 4.58. The molecular formula is C20H23N3O7S. The first-order valence-corrected chi connectivity index (χ1v) is 11.0. The first-order valence-electron chi connectivity index (χ1n) is 9.58. The van der Waals surface area contributed by atoms with Crippen LogP contribution in [-0.2, 0) is 19.6 Å². The van der Waals surface area contributed by atoms with Crippen molar-refractivity contribution in [3.63, 3.8) is 0 Å². The molecule has 0 aromatic heterocycles. The fourth-order valence-electron chi connectivity index (χ4n) is 3.20. The van der Waals surface area contributed by atoms with Gasteiger partial charge in [0.2, 0.25) is 10.0 Å². The fraction of sp³-hybridized carbons (Fsp3) is 0.350. The highest BCUT2D eigenvalue weighted by Gasteiger charge is 2.32. The number of rotatable bonds is 7. The van der Waals surface area contributed by atoms with Gasteiger partial charge in [-0.2, -0.15) is 4.31 Å². The SMILES string of the molecule is C[C@@H]1CN(S(=O)(=O)c2ccc(NC(=O)COc3ccc([N+](=O)[O-])cc3)cc2)C[C@@H](C)O1. The summed E-state index contributed by atoms with van der Waals surface area (Å²) in [5, 5.41) is 13.3. The Morgan fingerprint density at radius 3 is 2.26 bits per heavy atom. The number of nitro groups is 1. The van der Waals surface area contributed by atoms with Crippen molar-refractivity contribution >= 4 is 27.3 Å². The zero-order chi connectivity index (χ0) is 22.6. The lowest BCUT2D eigenvalue weighted by atomic mass is 10.3. The molecule has 1 saturated heterocycles. The fourth-order valence-corrected chi connectivity index (χ4v) is 4.79. The number of hydrogen-bond donors (Lipinski definition) is 1. The van der Waals surface area contributed by atoms with E-state index in [9.17, 15) is 23.3 Å². The second-order valence-electron chi connectivity index (χ2n) is 7.19. The van der Waals surface area contributed by atoms with Gasteiger partial charge in [0.1, 0.15) is 5.75 Å². The molecule has 1 fully saturated rings. The molecule has 166 valence electrons. The Balaban J connectivity index is 1.57. The quantitative estimate of drug-likeness (QED) is 0.508. The molecule has 0 saturated carbocycles. The summed E-state index contributed by atoms with van der Waals surface area (Å²) >= 11 is 0. The highest BCUT2D eigenvalue weighted by atomic mass is 32.2. The number of benzene rings is 2. The summed E-state index contributed by atoms with van der Waals surface area (Å²) in [6.07, 6.45) is -0.374. The van der Waals surface area contributed by atoms with Gasteiger partial charge in [0, 0.05) is 30.9 Å². The van der Waals surface area contributed by atoms with Gasteiger partial charge in [0.05, 0.1) is 22.0 Å². The van der Waals surface area contributed by atoms with Crippen LogP contribution in [0.15, 0.2) is 53.4 Å². The second-order valence-corrected chi connectivity index (χ2v) is 9.13. The highest BCUT2D eigenvalue weighted by Crippen LogP contribution is 2.22. The average Bonchev–Trinajstić information content (AvgIpc) is 2.72. The summed E-state index contributed by atoms with van der Waals surface area (Å²) in [7, 11) is -3.66. The van der Waals surface area contributed by atoms with E-state index < -0.39 is 20.9 Å². The van der Waals surface area contributed by atoms with Gasteiger partial charge in [-0.05, 0) is 50.2 Å². The van der Waals surface area contributed by atoms with Crippen LogP contribution >= 0.6 is 0 Å². The van der Waals surface area contributed by atoms with Gasteiger partial charge in [0.25, 0.3) is 11.6 Å². The topological polar surface area (TPSA) is 128 Å². The number of carbonyl (C=O) groups excluding carboxylic acids is 1. The van der Waals surface area contributed by atoms with Crippen LogP contribution in [0.3, 0.4) is 0 Å². The van der Waals surface area contributed by atoms with Crippen LogP contribution in [-0.4, -0.2) is 55.5 Å². The van der Waals surface area contributed by atoms with Gasteiger partial charge in [-0.15, -0.1) is 0 Å². The Hall–Kier alpha value is -3.02. The molecule has 0 bridgehead atoms. The van der Waals surface area contributed by atoms with Crippen LogP contribution in [0.4, 0.5) is 11.4 Å². The van der Waals surface area contributed by atoms with E-state index in [1.807, 2.05) is 13.8 Å². The van der Waals surface area contributed by atoms with Crippen LogP contribution in [0.25, 0.3) is 0 Å². The van der Waals surface area contributed by atoms with E-state index in [1.165, 1.54) is 52.8 Å². The summed E-state index contributed by atoms with van der Waals surface area (Å²) in [4.78, 5) is 22.3. The first-order chi connectivity index (χ1) is 14.6. The van der Waals surface area contributed by atoms with Crippen LogP contribution in [0.5, 0.6) is 5.75 Å². The Labute approximate surface area is 180 Å². The molecule has 1 heterocycles. The van der Waals surface area contributed by atoms with Crippen LogP contribution in [0, 0.1) is 10.1 Å². The molecule has 0 radical (unpaired) electrons. The molecule has 1 N–H and O–H groups in total. The van der Waals surface area contributed by atoms with Gasteiger partial charge in [-0.1, -0.05) is 0 Å². The minimum absolute atomic E-state index is 0.0761. The van der Waals surface area contributed by atoms with E-state index in [-0.39, 0.29) is 42.5 Å². The van der Waals surface area contributed by atoms with Crippen molar-refractivity contribution in [2.75, 3.05) is 25.0 Å². The molecule has 3 rings (SSSR count). The number of anilines is 1.